The summed E-state index contributed by atoms with van der Waals surface area (Å²) < 4.78 is 29.3. The lowest BCUT2D eigenvalue weighted by atomic mass is 9.95. The molecule has 1 fully saturated rings. The van der Waals surface area contributed by atoms with Crippen LogP contribution >= 0.6 is 0 Å². The number of amidine groups is 1. The summed E-state index contributed by atoms with van der Waals surface area (Å²) in [5.74, 6) is 0.0347. The zero-order valence-corrected chi connectivity index (χ0v) is 14.4. The molecule has 2 aliphatic rings. The van der Waals surface area contributed by atoms with E-state index >= 15 is 0 Å². The van der Waals surface area contributed by atoms with Crippen LogP contribution in [0.15, 0.2) is 57.5 Å². The van der Waals surface area contributed by atoms with Gasteiger partial charge >= 0.3 is 5.71 Å². The van der Waals surface area contributed by atoms with Crippen molar-refractivity contribution in [3.05, 3.63) is 59.3 Å². The third-order valence-electron chi connectivity index (χ3n) is 4.21. The van der Waals surface area contributed by atoms with Crippen LogP contribution < -0.4 is 0 Å². The Balaban J connectivity index is 2.11. The highest BCUT2D eigenvalue weighted by molar-refractivity contribution is 7.90. The summed E-state index contributed by atoms with van der Waals surface area (Å²) in [4.78, 5) is 5.26. The molecule has 7 heteroatoms. The van der Waals surface area contributed by atoms with E-state index in [-0.39, 0.29) is 16.6 Å². The normalized spacial score (nSPS) is 21.7. The average Bonchev–Trinajstić information content (AvgIpc) is 2.86. The summed E-state index contributed by atoms with van der Waals surface area (Å²) in [6, 6.07) is 6.52. The van der Waals surface area contributed by atoms with E-state index in [0.29, 0.717) is 18.7 Å². The summed E-state index contributed by atoms with van der Waals surface area (Å²) in [6.45, 7) is 4.33. The molecule has 124 valence electrons. The Kier molecular flexibility index (Phi) is 4.22. The first-order chi connectivity index (χ1) is 11.5. The van der Waals surface area contributed by atoms with Crippen LogP contribution in [0.3, 0.4) is 0 Å². The maximum Gasteiger partial charge on any atom is 0.344 e. The van der Waals surface area contributed by atoms with Gasteiger partial charge in [0.2, 0.25) is 5.84 Å². The average molecular weight is 342 g/mol. The predicted molar refractivity (Wildman–Crippen MR) is 92.1 cm³/mol. The molecule has 0 radical (unpaired) electrons. The number of fused-ring (bicyclic) bond motifs is 1. The molecule has 1 aromatic carbocycles. The van der Waals surface area contributed by atoms with E-state index in [1.54, 1.807) is 17.0 Å². The maximum absolute atomic E-state index is 12.6. The van der Waals surface area contributed by atoms with Gasteiger partial charge in [-0.3, -0.25) is 0 Å². The lowest BCUT2D eigenvalue weighted by Gasteiger charge is -2.19. The van der Waals surface area contributed by atoms with Crippen LogP contribution in [0, 0.1) is 12.8 Å². The molecule has 1 saturated heterocycles. The van der Waals surface area contributed by atoms with Gasteiger partial charge in [0.05, 0.1) is 4.90 Å². The Morgan fingerprint density at radius 1 is 1.33 bits per heavy atom. The predicted octanol–water partition coefficient (Wildman–Crippen LogP) is 2.55. The first-order valence-electron chi connectivity index (χ1n) is 7.76. The van der Waals surface area contributed by atoms with E-state index in [1.165, 1.54) is 12.1 Å². The Morgan fingerprint density at radius 3 is 2.67 bits per heavy atom. The molecule has 0 amide bonds. The molecule has 1 atom stereocenters. The number of likely N-dealkylation sites (tertiary alicyclic amines) is 1. The molecular weight excluding hydrogens is 324 g/mol. The van der Waals surface area contributed by atoms with Gasteiger partial charge < -0.3 is 10.4 Å². The van der Waals surface area contributed by atoms with E-state index < -0.39 is 10.0 Å². The molecule has 1 aromatic rings. The molecule has 0 aromatic heterocycles. The summed E-state index contributed by atoms with van der Waals surface area (Å²) >= 11 is 0. The van der Waals surface area contributed by atoms with Gasteiger partial charge in [0.15, 0.2) is 0 Å². The largest absolute Gasteiger partial charge is 0.361 e. The fourth-order valence-electron chi connectivity index (χ4n) is 2.98. The molecule has 1 aliphatic carbocycles. The number of benzene rings is 1. The Bertz CT molecular complexity index is 904. The molecular formula is C17H18N4O2S. The van der Waals surface area contributed by atoms with Crippen molar-refractivity contribution in [2.75, 3.05) is 6.54 Å². The Morgan fingerprint density at radius 2 is 2.04 bits per heavy atom. The standard InChI is InChI=1S/C17H18N4O2S/c1-3-21-15-7-5-4-6-14(15)16(19-18)17(21)20-24(22,23)13-10-8-12(2)9-11-13/h4-5,7-11,14H,3,6H2,1-2H3. The minimum absolute atomic E-state index is 0.121. The van der Waals surface area contributed by atoms with Crippen LogP contribution in [-0.2, 0) is 10.0 Å². The molecule has 0 bridgehead atoms. The summed E-state index contributed by atoms with van der Waals surface area (Å²) in [6.07, 6.45) is 6.45. The number of sulfonamides is 1. The van der Waals surface area contributed by atoms with Crippen molar-refractivity contribution in [1.82, 2.24) is 4.90 Å². The van der Waals surface area contributed by atoms with Crippen LogP contribution in [0.2, 0.25) is 0 Å². The van der Waals surface area contributed by atoms with E-state index in [2.05, 4.69) is 9.19 Å². The molecule has 1 heterocycles. The van der Waals surface area contributed by atoms with Gasteiger partial charge in [-0.2, -0.15) is 13.2 Å². The van der Waals surface area contributed by atoms with Crippen LogP contribution in [0.25, 0.3) is 5.53 Å². The maximum atomic E-state index is 12.6. The summed E-state index contributed by atoms with van der Waals surface area (Å²) in [5.41, 5.74) is 11.6. The molecule has 0 spiro atoms. The van der Waals surface area contributed by atoms with Crippen molar-refractivity contribution in [3.63, 3.8) is 0 Å². The second-order valence-electron chi connectivity index (χ2n) is 5.74. The smallest absolute Gasteiger partial charge is 0.344 e. The van der Waals surface area contributed by atoms with Gasteiger partial charge in [-0.15, -0.1) is 4.40 Å². The van der Waals surface area contributed by atoms with Gasteiger partial charge in [0.25, 0.3) is 10.0 Å². The highest BCUT2D eigenvalue weighted by Gasteiger charge is 2.46. The second-order valence-corrected chi connectivity index (χ2v) is 7.34. The monoisotopic (exact) mass is 342 g/mol. The number of allylic oxidation sites excluding steroid dienone is 4. The third kappa shape index (κ3) is 2.72. The second kappa shape index (κ2) is 6.19. The van der Waals surface area contributed by atoms with Crippen molar-refractivity contribution >= 4 is 21.6 Å². The zero-order chi connectivity index (χ0) is 17.3. The van der Waals surface area contributed by atoms with Crippen molar-refractivity contribution in [1.29, 1.82) is 0 Å². The van der Waals surface area contributed by atoms with E-state index in [0.717, 1.165) is 11.3 Å². The van der Waals surface area contributed by atoms with Crippen molar-refractivity contribution in [2.24, 2.45) is 10.3 Å². The fraction of sp³-hybridized carbons (Fsp3) is 0.294. The molecule has 3 rings (SSSR count). The lowest BCUT2D eigenvalue weighted by molar-refractivity contribution is -0.00670. The van der Waals surface area contributed by atoms with Crippen molar-refractivity contribution in [3.8, 4) is 0 Å². The number of hydrogen-bond donors (Lipinski definition) is 0. The van der Waals surface area contributed by atoms with Crippen LogP contribution in [0.5, 0.6) is 0 Å². The van der Waals surface area contributed by atoms with Crippen molar-refractivity contribution < 1.29 is 13.2 Å². The first kappa shape index (κ1) is 16.4. The zero-order valence-electron chi connectivity index (χ0n) is 13.5. The first-order valence-corrected chi connectivity index (χ1v) is 9.20. The molecule has 1 unspecified atom stereocenters. The van der Waals surface area contributed by atoms with Gasteiger partial charge in [0.1, 0.15) is 5.92 Å². The Labute approximate surface area is 141 Å². The molecule has 0 N–H and O–H groups in total. The van der Waals surface area contributed by atoms with E-state index in [4.69, 9.17) is 0 Å². The van der Waals surface area contributed by atoms with E-state index in [9.17, 15) is 13.9 Å². The van der Waals surface area contributed by atoms with Gasteiger partial charge in [-0.25, -0.2) is 0 Å². The number of nitrogens with zero attached hydrogens (tertiary/aromatic N) is 4. The number of rotatable bonds is 3. The number of aryl methyl sites for hydroxylation is 1. The van der Waals surface area contributed by atoms with Gasteiger partial charge in [-0.05, 0) is 38.5 Å². The van der Waals surface area contributed by atoms with Crippen LogP contribution in [0.4, 0.5) is 0 Å². The van der Waals surface area contributed by atoms with Gasteiger partial charge in [-0.1, -0.05) is 29.8 Å². The molecule has 1 aliphatic heterocycles. The van der Waals surface area contributed by atoms with Gasteiger partial charge in [0, 0.05) is 12.2 Å². The quantitative estimate of drug-likeness (QED) is 0.625. The minimum Gasteiger partial charge on any atom is -0.361 e. The van der Waals surface area contributed by atoms with Crippen LogP contribution in [-0.4, -0.2) is 36.2 Å². The SMILES string of the molecule is CCN1C2=CC=CCC2C(=[N+]=[N-])C1=NS(=O)(=O)c1ccc(C)cc1. The van der Waals surface area contributed by atoms with E-state index in [1.807, 2.05) is 32.1 Å². The molecule has 0 saturated carbocycles. The van der Waals surface area contributed by atoms with Crippen LogP contribution in [0.1, 0.15) is 18.9 Å². The Hall–Kier alpha value is -2.50. The third-order valence-corrected chi connectivity index (χ3v) is 5.49. The molecule has 6 nitrogen and oxygen atoms in total. The summed E-state index contributed by atoms with van der Waals surface area (Å²) in [7, 11) is -3.88. The highest BCUT2D eigenvalue weighted by Crippen LogP contribution is 2.33. The number of hydrogen-bond acceptors (Lipinski definition) is 2. The summed E-state index contributed by atoms with van der Waals surface area (Å²) in [5, 5.41) is 0. The fourth-order valence-corrected chi connectivity index (χ4v) is 3.99. The lowest BCUT2D eigenvalue weighted by Crippen LogP contribution is -2.28. The minimum atomic E-state index is -3.88. The molecule has 24 heavy (non-hydrogen) atoms. The van der Waals surface area contributed by atoms with Crippen molar-refractivity contribution in [2.45, 2.75) is 25.2 Å². The topological polar surface area (TPSA) is 86.1 Å². The highest BCUT2D eigenvalue weighted by atomic mass is 32.2.